The van der Waals surface area contributed by atoms with Crippen molar-refractivity contribution in [3.05, 3.63) is 59.2 Å². The van der Waals surface area contributed by atoms with Crippen molar-refractivity contribution in [2.75, 3.05) is 11.4 Å². The molecule has 0 saturated carbocycles. The second kappa shape index (κ2) is 5.52. The summed E-state index contributed by atoms with van der Waals surface area (Å²) in [5.74, 6) is -0.361. The van der Waals surface area contributed by atoms with Crippen molar-refractivity contribution in [2.45, 2.75) is 12.8 Å². The Balaban J connectivity index is 1.82. The van der Waals surface area contributed by atoms with Gasteiger partial charge >= 0.3 is 0 Å². The van der Waals surface area contributed by atoms with E-state index >= 15 is 0 Å². The summed E-state index contributed by atoms with van der Waals surface area (Å²) in [6.07, 6.45) is 1.02. The maximum absolute atomic E-state index is 12.5. The number of hydrogen-bond acceptors (Lipinski definition) is 3. The summed E-state index contributed by atoms with van der Waals surface area (Å²) in [6.45, 7) is 0.606. The van der Waals surface area contributed by atoms with E-state index in [9.17, 15) is 14.7 Å². The fraction of sp³-hybridized carbons (Fsp3) is 0.176. The summed E-state index contributed by atoms with van der Waals surface area (Å²) in [5.41, 5.74) is 8.35. The van der Waals surface area contributed by atoms with E-state index in [4.69, 9.17) is 5.73 Å². The number of carbonyl (C=O) groups is 2. The summed E-state index contributed by atoms with van der Waals surface area (Å²) in [5, 5.41) is 9.28. The quantitative estimate of drug-likeness (QED) is 0.902. The van der Waals surface area contributed by atoms with E-state index in [0.29, 0.717) is 12.1 Å². The van der Waals surface area contributed by atoms with Gasteiger partial charge < -0.3 is 15.7 Å². The number of phenolic OH excluding ortho intramolecular Hbond substituents is 1. The number of rotatable bonds is 3. The molecule has 0 fully saturated rings. The zero-order valence-electron chi connectivity index (χ0n) is 12.0. The first-order valence-corrected chi connectivity index (χ1v) is 7.05. The number of benzene rings is 2. The molecule has 0 radical (unpaired) electrons. The first-order valence-electron chi connectivity index (χ1n) is 7.05. The first-order chi connectivity index (χ1) is 10.5. The van der Waals surface area contributed by atoms with Crippen LogP contribution >= 0.6 is 0 Å². The molecule has 5 nitrogen and oxygen atoms in total. The molecule has 2 aromatic carbocycles. The minimum atomic E-state index is -0.499. The standard InChI is InChI=1S/C17H16N2O3/c18-17(22)13-4-3-12-7-8-19(15(12)10-13)16(21)9-11-1-5-14(20)6-2-11/h1-6,10,20H,7-9H2,(H2,18,22). The van der Waals surface area contributed by atoms with E-state index in [0.717, 1.165) is 23.2 Å². The molecule has 0 unspecified atom stereocenters. The fourth-order valence-electron chi connectivity index (χ4n) is 2.68. The van der Waals surface area contributed by atoms with Crippen LogP contribution in [0.25, 0.3) is 0 Å². The Hall–Kier alpha value is -2.82. The highest BCUT2D eigenvalue weighted by Gasteiger charge is 2.25. The molecule has 0 spiro atoms. The molecular weight excluding hydrogens is 280 g/mol. The number of nitrogens with zero attached hydrogens (tertiary/aromatic N) is 1. The SMILES string of the molecule is NC(=O)c1ccc2c(c1)N(C(=O)Cc1ccc(O)cc1)CC2. The molecule has 112 valence electrons. The number of aromatic hydroxyl groups is 1. The van der Waals surface area contributed by atoms with Crippen LogP contribution in [0.1, 0.15) is 21.5 Å². The highest BCUT2D eigenvalue weighted by Crippen LogP contribution is 2.29. The summed E-state index contributed by atoms with van der Waals surface area (Å²) in [6, 6.07) is 11.8. The van der Waals surface area contributed by atoms with Crippen LogP contribution in [0.3, 0.4) is 0 Å². The molecule has 0 atom stereocenters. The summed E-state index contributed by atoms with van der Waals surface area (Å²) < 4.78 is 0. The third-order valence-electron chi connectivity index (χ3n) is 3.86. The van der Waals surface area contributed by atoms with Crippen LogP contribution < -0.4 is 10.6 Å². The van der Waals surface area contributed by atoms with E-state index in [2.05, 4.69) is 0 Å². The molecule has 0 aromatic heterocycles. The van der Waals surface area contributed by atoms with Gasteiger partial charge in [-0.3, -0.25) is 9.59 Å². The van der Waals surface area contributed by atoms with E-state index in [1.165, 1.54) is 0 Å². The Morgan fingerprint density at radius 1 is 1.14 bits per heavy atom. The lowest BCUT2D eigenvalue weighted by Gasteiger charge is -2.18. The van der Waals surface area contributed by atoms with Crippen LogP contribution in [0.5, 0.6) is 5.75 Å². The van der Waals surface area contributed by atoms with Gasteiger partial charge in [0, 0.05) is 17.8 Å². The predicted octanol–water partition coefficient (Wildman–Crippen LogP) is 1.62. The van der Waals surface area contributed by atoms with Crippen LogP contribution in [-0.2, 0) is 17.6 Å². The lowest BCUT2D eigenvalue weighted by molar-refractivity contribution is -0.117. The minimum absolute atomic E-state index is 0.0361. The third-order valence-corrected chi connectivity index (χ3v) is 3.86. The fourth-order valence-corrected chi connectivity index (χ4v) is 2.68. The van der Waals surface area contributed by atoms with Crippen molar-refractivity contribution in [1.29, 1.82) is 0 Å². The van der Waals surface area contributed by atoms with Gasteiger partial charge in [-0.2, -0.15) is 0 Å². The first kappa shape index (κ1) is 14.1. The number of amides is 2. The molecule has 3 N–H and O–H groups in total. The summed E-state index contributed by atoms with van der Waals surface area (Å²) in [7, 11) is 0. The van der Waals surface area contributed by atoms with Crippen LogP contribution in [0.15, 0.2) is 42.5 Å². The lowest BCUT2D eigenvalue weighted by atomic mass is 10.1. The molecule has 3 rings (SSSR count). The zero-order valence-corrected chi connectivity index (χ0v) is 12.0. The monoisotopic (exact) mass is 296 g/mol. The molecule has 1 heterocycles. The molecule has 0 aliphatic carbocycles. The zero-order chi connectivity index (χ0) is 15.7. The highest BCUT2D eigenvalue weighted by atomic mass is 16.3. The molecule has 22 heavy (non-hydrogen) atoms. The number of hydrogen-bond donors (Lipinski definition) is 2. The van der Waals surface area contributed by atoms with Gasteiger partial charge in [-0.1, -0.05) is 18.2 Å². The van der Waals surface area contributed by atoms with E-state index in [-0.39, 0.29) is 18.1 Å². The minimum Gasteiger partial charge on any atom is -0.508 e. The Kier molecular flexibility index (Phi) is 3.55. The molecule has 1 aliphatic rings. The van der Waals surface area contributed by atoms with Crippen LogP contribution in [-0.4, -0.2) is 23.5 Å². The van der Waals surface area contributed by atoms with E-state index < -0.39 is 5.91 Å². The van der Waals surface area contributed by atoms with Crippen LogP contribution in [0.4, 0.5) is 5.69 Å². The van der Waals surface area contributed by atoms with Crippen LogP contribution in [0, 0.1) is 0 Å². The number of fused-ring (bicyclic) bond motifs is 1. The van der Waals surface area contributed by atoms with Gasteiger partial charge in [0.2, 0.25) is 11.8 Å². The van der Waals surface area contributed by atoms with Crippen molar-refractivity contribution in [3.8, 4) is 5.75 Å². The smallest absolute Gasteiger partial charge is 0.248 e. The Labute approximate surface area is 128 Å². The Morgan fingerprint density at radius 2 is 1.86 bits per heavy atom. The second-order valence-electron chi connectivity index (χ2n) is 5.35. The van der Waals surface area contributed by atoms with Gasteiger partial charge in [0.05, 0.1) is 6.42 Å². The molecule has 1 aliphatic heterocycles. The predicted molar refractivity (Wildman–Crippen MR) is 82.8 cm³/mol. The number of primary amides is 1. The van der Waals surface area contributed by atoms with Gasteiger partial charge in [-0.05, 0) is 41.8 Å². The number of anilines is 1. The summed E-state index contributed by atoms with van der Waals surface area (Å²) >= 11 is 0. The molecular formula is C17H16N2O3. The molecule has 5 heteroatoms. The number of carbonyl (C=O) groups excluding carboxylic acids is 2. The Bertz CT molecular complexity index is 738. The number of phenols is 1. The highest BCUT2D eigenvalue weighted by molar-refractivity contribution is 5.99. The van der Waals surface area contributed by atoms with Gasteiger partial charge in [-0.25, -0.2) is 0 Å². The topological polar surface area (TPSA) is 83.6 Å². The summed E-state index contributed by atoms with van der Waals surface area (Å²) in [4.78, 5) is 25.5. The van der Waals surface area contributed by atoms with E-state index in [1.807, 2.05) is 6.07 Å². The van der Waals surface area contributed by atoms with Crippen molar-refractivity contribution < 1.29 is 14.7 Å². The van der Waals surface area contributed by atoms with E-state index in [1.54, 1.807) is 41.3 Å². The average Bonchev–Trinajstić information content (AvgIpc) is 2.92. The molecule has 2 aromatic rings. The van der Waals surface area contributed by atoms with Crippen molar-refractivity contribution in [1.82, 2.24) is 0 Å². The van der Waals surface area contributed by atoms with Crippen molar-refractivity contribution in [3.63, 3.8) is 0 Å². The van der Waals surface area contributed by atoms with Crippen molar-refractivity contribution >= 4 is 17.5 Å². The molecule has 0 saturated heterocycles. The third kappa shape index (κ3) is 2.65. The Morgan fingerprint density at radius 3 is 2.55 bits per heavy atom. The van der Waals surface area contributed by atoms with Gasteiger partial charge in [0.15, 0.2) is 0 Å². The van der Waals surface area contributed by atoms with Crippen molar-refractivity contribution in [2.24, 2.45) is 5.73 Å². The van der Waals surface area contributed by atoms with Gasteiger partial charge in [-0.15, -0.1) is 0 Å². The molecule has 0 bridgehead atoms. The lowest BCUT2D eigenvalue weighted by Crippen LogP contribution is -2.30. The molecule has 2 amide bonds. The normalized spacial score (nSPS) is 13.0. The van der Waals surface area contributed by atoms with Crippen LogP contribution in [0.2, 0.25) is 0 Å². The van der Waals surface area contributed by atoms with Gasteiger partial charge in [0.1, 0.15) is 5.75 Å². The van der Waals surface area contributed by atoms with Gasteiger partial charge in [0.25, 0.3) is 0 Å². The number of nitrogens with two attached hydrogens (primary N) is 1. The second-order valence-corrected chi connectivity index (χ2v) is 5.35. The average molecular weight is 296 g/mol. The maximum Gasteiger partial charge on any atom is 0.248 e. The largest absolute Gasteiger partial charge is 0.508 e. The maximum atomic E-state index is 12.5.